The number of nitrogens with zero attached hydrogens (tertiary/aromatic N) is 1. The van der Waals surface area contributed by atoms with E-state index in [2.05, 4.69) is 5.32 Å². The number of fused-ring (bicyclic) bond motifs is 1. The average Bonchev–Trinajstić information content (AvgIpc) is 2.55. The van der Waals surface area contributed by atoms with Crippen molar-refractivity contribution in [2.24, 2.45) is 0 Å². The summed E-state index contributed by atoms with van der Waals surface area (Å²) in [5.74, 6) is -0.473. The van der Waals surface area contributed by atoms with E-state index in [4.69, 9.17) is 4.74 Å². The topological polar surface area (TPSA) is 58.6 Å². The molecule has 0 saturated heterocycles. The van der Waals surface area contributed by atoms with E-state index >= 15 is 0 Å². The van der Waals surface area contributed by atoms with Gasteiger partial charge in [0.15, 0.2) is 0 Å². The van der Waals surface area contributed by atoms with Crippen molar-refractivity contribution in [1.82, 2.24) is 4.90 Å². The number of amides is 1. The zero-order valence-electron chi connectivity index (χ0n) is 9.82. The minimum atomic E-state index is -0.578. The Balaban J connectivity index is 2.07. The first-order valence-corrected chi connectivity index (χ1v) is 5.35. The van der Waals surface area contributed by atoms with Gasteiger partial charge in [0.05, 0.1) is 11.3 Å². The highest BCUT2D eigenvalue weighted by molar-refractivity contribution is 6.51. The molecule has 1 aromatic carbocycles. The summed E-state index contributed by atoms with van der Waals surface area (Å²) in [6.45, 7) is 1.34. The maximum Gasteiger partial charge on any atom is 0.296 e. The molecule has 1 aliphatic heterocycles. The first kappa shape index (κ1) is 11.6. The summed E-state index contributed by atoms with van der Waals surface area (Å²) in [6.07, 6.45) is 0. The lowest BCUT2D eigenvalue weighted by Gasteiger charge is -2.11. The van der Waals surface area contributed by atoms with E-state index in [9.17, 15) is 9.59 Å². The molecule has 1 aromatic rings. The molecular formula is C12H14N2O3. The maximum absolute atomic E-state index is 11.5. The quantitative estimate of drug-likeness (QED) is 0.781. The highest BCUT2D eigenvalue weighted by atomic mass is 16.5. The lowest BCUT2D eigenvalue weighted by Crippen LogP contribution is -2.19. The van der Waals surface area contributed by atoms with Crippen molar-refractivity contribution < 1.29 is 14.3 Å². The molecule has 0 saturated carbocycles. The largest absolute Gasteiger partial charge is 0.492 e. The van der Waals surface area contributed by atoms with Gasteiger partial charge in [-0.05, 0) is 32.3 Å². The number of ether oxygens (including phenoxy) is 1. The number of carbonyl (C=O) groups excluding carboxylic acids is 2. The summed E-state index contributed by atoms with van der Waals surface area (Å²) in [4.78, 5) is 24.6. The van der Waals surface area contributed by atoms with Gasteiger partial charge < -0.3 is 15.0 Å². The van der Waals surface area contributed by atoms with Gasteiger partial charge in [0, 0.05) is 6.54 Å². The zero-order valence-corrected chi connectivity index (χ0v) is 9.82. The van der Waals surface area contributed by atoms with Gasteiger partial charge in [-0.3, -0.25) is 9.59 Å². The summed E-state index contributed by atoms with van der Waals surface area (Å²) >= 11 is 0. The van der Waals surface area contributed by atoms with Crippen LogP contribution in [-0.4, -0.2) is 43.8 Å². The lowest BCUT2D eigenvalue weighted by molar-refractivity contribution is -0.112. The van der Waals surface area contributed by atoms with Crippen LogP contribution in [0.4, 0.5) is 5.69 Å². The Morgan fingerprint density at radius 1 is 1.29 bits per heavy atom. The van der Waals surface area contributed by atoms with Crippen LogP contribution in [0.5, 0.6) is 5.75 Å². The number of carbonyl (C=O) groups is 2. The number of anilines is 1. The maximum atomic E-state index is 11.5. The van der Waals surface area contributed by atoms with Crippen molar-refractivity contribution in [1.29, 1.82) is 0 Å². The molecule has 2 rings (SSSR count). The van der Waals surface area contributed by atoms with E-state index in [0.717, 1.165) is 6.54 Å². The Hall–Kier alpha value is -1.88. The predicted molar refractivity (Wildman–Crippen MR) is 63.5 cm³/mol. The van der Waals surface area contributed by atoms with Crippen molar-refractivity contribution in [2.45, 2.75) is 0 Å². The number of hydrogen-bond donors (Lipinski definition) is 1. The standard InChI is InChI=1S/C12H14N2O3/c1-14(2)5-6-17-8-3-4-10-9(7-8)11(15)12(16)13-10/h3-4,7H,5-6H2,1-2H3,(H,13,15,16). The summed E-state index contributed by atoms with van der Waals surface area (Å²) < 4.78 is 5.49. The van der Waals surface area contributed by atoms with Crippen molar-refractivity contribution in [3.05, 3.63) is 23.8 Å². The molecular weight excluding hydrogens is 220 g/mol. The third-order valence-corrected chi connectivity index (χ3v) is 2.50. The SMILES string of the molecule is CN(C)CCOc1ccc2c(c1)C(=O)C(=O)N2. The zero-order chi connectivity index (χ0) is 12.4. The van der Waals surface area contributed by atoms with Gasteiger partial charge in [-0.25, -0.2) is 0 Å². The number of hydrogen-bond acceptors (Lipinski definition) is 4. The van der Waals surface area contributed by atoms with Gasteiger partial charge in [0.25, 0.3) is 11.7 Å². The first-order valence-electron chi connectivity index (χ1n) is 5.35. The molecule has 0 unspecified atom stereocenters. The lowest BCUT2D eigenvalue weighted by atomic mass is 10.1. The molecule has 0 atom stereocenters. The van der Waals surface area contributed by atoms with Gasteiger partial charge in [0.2, 0.25) is 0 Å². The second kappa shape index (κ2) is 4.55. The molecule has 5 heteroatoms. The molecule has 1 amide bonds. The highest BCUT2D eigenvalue weighted by Gasteiger charge is 2.28. The average molecular weight is 234 g/mol. The summed E-state index contributed by atoms with van der Waals surface area (Å²) in [5, 5.41) is 2.50. The van der Waals surface area contributed by atoms with E-state index in [1.165, 1.54) is 0 Å². The smallest absolute Gasteiger partial charge is 0.296 e. The van der Waals surface area contributed by atoms with Crippen LogP contribution in [0.3, 0.4) is 0 Å². The minimum Gasteiger partial charge on any atom is -0.492 e. The molecule has 17 heavy (non-hydrogen) atoms. The number of ketones is 1. The molecule has 5 nitrogen and oxygen atoms in total. The van der Waals surface area contributed by atoms with E-state index < -0.39 is 11.7 Å². The number of nitrogens with one attached hydrogen (secondary N) is 1. The van der Waals surface area contributed by atoms with Crippen LogP contribution >= 0.6 is 0 Å². The summed E-state index contributed by atoms with van der Waals surface area (Å²) in [6, 6.07) is 5.03. The normalized spacial score (nSPS) is 13.8. The minimum absolute atomic E-state index is 0.386. The molecule has 0 fully saturated rings. The second-order valence-corrected chi connectivity index (χ2v) is 4.14. The van der Waals surface area contributed by atoms with E-state index in [1.807, 2.05) is 19.0 Å². The van der Waals surface area contributed by atoms with Gasteiger partial charge in [-0.2, -0.15) is 0 Å². The van der Waals surface area contributed by atoms with E-state index in [0.29, 0.717) is 23.6 Å². The summed E-state index contributed by atoms with van der Waals surface area (Å²) in [7, 11) is 3.91. The summed E-state index contributed by atoms with van der Waals surface area (Å²) in [5.41, 5.74) is 0.942. The molecule has 0 aliphatic carbocycles. The van der Waals surface area contributed by atoms with Crippen molar-refractivity contribution in [2.75, 3.05) is 32.6 Å². The number of rotatable bonds is 4. The Bertz CT molecular complexity index is 469. The molecule has 0 spiro atoms. The fourth-order valence-corrected chi connectivity index (χ4v) is 1.56. The van der Waals surface area contributed by atoms with Crippen molar-refractivity contribution >= 4 is 17.4 Å². The van der Waals surface area contributed by atoms with Gasteiger partial charge in [-0.15, -0.1) is 0 Å². The van der Waals surface area contributed by atoms with E-state index in [-0.39, 0.29) is 0 Å². The third-order valence-electron chi connectivity index (χ3n) is 2.50. The number of benzene rings is 1. The number of Topliss-reactive ketones (excluding diaryl/α,β-unsaturated/α-hetero) is 1. The molecule has 0 bridgehead atoms. The Labute approximate surface area is 99.4 Å². The fraction of sp³-hybridized carbons (Fsp3) is 0.333. The van der Waals surface area contributed by atoms with Crippen LogP contribution in [-0.2, 0) is 4.79 Å². The van der Waals surface area contributed by atoms with Crippen LogP contribution in [0.25, 0.3) is 0 Å². The van der Waals surface area contributed by atoms with Crippen LogP contribution in [0.1, 0.15) is 10.4 Å². The van der Waals surface area contributed by atoms with Crippen molar-refractivity contribution in [3.63, 3.8) is 0 Å². The monoisotopic (exact) mass is 234 g/mol. The van der Waals surface area contributed by atoms with Crippen LogP contribution < -0.4 is 10.1 Å². The van der Waals surface area contributed by atoms with Gasteiger partial charge in [-0.1, -0.05) is 0 Å². The number of likely N-dealkylation sites (N-methyl/N-ethyl adjacent to an activating group) is 1. The van der Waals surface area contributed by atoms with Gasteiger partial charge in [0.1, 0.15) is 12.4 Å². The fourth-order valence-electron chi connectivity index (χ4n) is 1.56. The Morgan fingerprint density at radius 2 is 2.06 bits per heavy atom. The van der Waals surface area contributed by atoms with Crippen LogP contribution in [0.15, 0.2) is 18.2 Å². The van der Waals surface area contributed by atoms with Crippen LogP contribution in [0, 0.1) is 0 Å². The molecule has 1 N–H and O–H groups in total. The predicted octanol–water partition coefficient (Wildman–Crippen LogP) is 0.762. The second-order valence-electron chi connectivity index (χ2n) is 4.14. The van der Waals surface area contributed by atoms with Gasteiger partial charge >= 0.3 is 0 Å². The first-order chi connectivity index (χ1) is 8.08. The van der Waals surface area contributed by atoms with E-state index in [1.54, 1.807) is 18.2 Å². The molecule has 0 aromatic heterocycles. The molecule has 0 radical (unpaired) electrons. The molecule has 1 heterocycles. The van der Waals surface area contributed by atoms with Crippen LogP contribution in [0.2, 0.25) is 0 Å². The molecule has 1 aliphatic rings. The van der Waals surface area contributed by atoms with Crippen molar-refractivity contribution in [3.8, 4) is 5.75 Å². The Morgan fingerprint density at radius 3 is 2.76 bits per heavy atom. The third kappa shape index (κ3) is 2.45. The molecule has 90 valence electrons. The Kier molecular flexibility index (Phi) is 3.10. The highest BCUT2D eigenvalue weighted by Crippen LogP contribution is 2.27.